The second-order valence-corrected chi connectivity index (χ2v) is 4.08. The molecule has 0 radical (unpaired) electrons. The number of hydrogen-bond acceptors (Lipinski definition) is 1. The molecule has 0 N–H and O–H groups in total. The molecule has 0 atom stereocenters. The summed E-state index contributed by atoms with van der Waals surface area (Å²) in [4.78, 5) is 0. The van der Waals surface area contributed by atoms with Crippen LogP contribution in [-0.4, -0.2) is 7.11 Å². The first kappa shape index (κ1) is 12.2. The van der Waals surface area contributed by atoms with Crippen molar-refractivity contribution in [2.24, 2.45) is 0 Å². The molecule has 0 aliphatic carbocycles. The largest absolute Gasteiger partial charge is 0.380 e. The molecule has 0 unspecified atom stereocenters. The lowest BCUT2D eigenvalue weighted by atomic mass is 10.0. The Morgan fingerprint density at radius 3 is 2.07 bits per heavy atom. The highest BCUT2D eigenvalue weighted by molar-refractivity contribution is 5.34. The normalized spacial score (nSPS) is 10.8. The van der Waals surface area contributed by atoms with Gasteiger partial charge < -0.3 is 4.74 Å². The Morgan fingerprint density at radius 2 is 1.60 bits per heavy atom. The van der Waals surface area contributed by atoms with E-state index in [1.54, 1.807) is 7.11 Å². The Morgan fingerprint density at radius 1 is 1.00 bits per heavy atom. The fourth-order valence-corrected chi connectivity index (χ4v) is 2.22. The third-order valence-corrected chi connectivity index (χ3v) is 3.41. The van der Waals surface area contributed by atoms with E-state index in [-0.39, 0.29) is 0 Å². The van der Waals surface area contributed by atoms with Gasteiger partial charge in [0, 0.05) is 32.1 Å². The Hall–Kier alpha value is -0.890. The molecule has 2 nitrogen and oxygen atoms in total. The molecule has 15 heavy (non-hydrogen) atoms. The van der Waals surface area contributed by atoms with Crippen molar-refractivity contribution in [1.29, 1.82) is 0 Å². The van der Waals surface area contributed by atoms with E-state index in [0.717, 1.165) is 6.54 Å². The molecule has 1 aromatic heterocycles. The molecule has 0 saturated carbocycles. The zero-order chi connectivity index (χ0) is 11.6. The molecule has 1 aromatic rings. The van der Waals surface area contributed by atoms with Gasteiger partial charge in [-0.2, -0.15) is 0 Å². The zero-order valence-electron chi connectivity index (χ0n) is 10.8. The predicted octanol–water partition coefficient (Wildman–Crippen LogP) is 2.37. The monoisotopic (exact) mass is 208 g/mol. The molecule has 84 valence electrons. The lowest BCUT2D eigenvalue weighted by Crippen LogP contribution is -2.41. The number of pyridine rings is 1. The Bertz CT molecular complexity index is 370. The van der Waals surface area contributed by atoms with Crippen LogP contribution in [0.15, 0.2) is 0 Å². The molecule has 0 aliphatic rings. The summed E-state index contributed by atoms with van der Waals surface area (Å²) in [7, 11) is 1.75. The average molecular weight is 208 g/mol. The van der Waals surface area contributed by atoms with E-state index >= 15 is 0 Å². The molecule has 0 amide bonds. The third kappa shape index (κ3) is 2.05. The van der Waals surface area contributed by atoms with Crippen LogP contribution in [0.1, 0.15) is 35.0 Å². The Labute approximate surface area is 92.9 Å². The molecule has 0 aliphatic heterocycles. The standard InChI is InChI=1S/C13H22NO/c1-7-14-11(4)9(2)10(3)13(8-15-6)12(14)5/h7-8H2,1-6H3/q+1. The fraction of sp³-hybridized carbons (Fsp3) is 0.615. The van der Waals surface area contributed by atoms with Crippen molar-refractivity contribution in [3.63, 3.8) is 0 Å². The van der Waals surface area contributed by atoms with Gasteiger partial charge in [-0.1, -0.05) is 0 Å². The van der Waals surface area contributed by atoms with E-state index in [1.807, 2.05) is 0 Å². The van der Waals surface area contributed by atoms with Crippen LogP contribution in [0.3, 0.4) is 0 Å². The molecule has 0 aromatic carbocycles. The van der Waals surface area contributed by atoms with Gasteiger partial charge in [0.2, 0.25) is 0 Å². The molecule has 2 heteroatoms. The highest BCUT2D eigenvalue weighted by Gasteiger charge is 2.19. The van der Waals surface area contributed by atoms with Crippen molar-refractivity contribution in [1.82, 2.24) is 0 Å². The van der Waals surface area contributed by atoms with Crippen LogP contribution < -0.4 is 4.57 Å². The van der Waals surface area contributed by atoms with Crippen molar-refractivity contribution in [3.8, 4) is 0 Å². The third-order valence-electron chi connectivity index (χ3n) is 3.41. The average Bonchev–Trinajstić information content (AvgIpc) is 2.22. The van der Waals surface area contributed by atoms with E-state index in [2.05, 4.69) is 39.2 Å². The van der Waals surface area contributed by atoms with Gasteiger partial charge in [0.1, 0.15) is 6.54 Å². The Kier molecular flexibility index (Phi) is 3.86. The smallest absolute Gasteiger partial charge is 0.184 e. The summed E-state index contributed by atoms with van der Waals surface area (Å²) in [6, 6.07) is 0. The second-order valence-electron chi connectivity index (χ2n) is 4.08. The van der Waals surface area contributed by atoms with Gasteiger partial charge in [0.15, 0.2) is 11.4 Å². The van der Waals surface area contributed by atoms with Gasteiger partial charge in [-0.15, -0.1) is 0 Å². The quantitative estimate of drug-likeness (QED) is 0.695. The van der Waals surface area contributed by atoms with E-state index in [0.29, 0.717) is 6.61 Å². The maximum absolute atomic E-state index is 5.27. The van der Waals surface area contributed by atoms with Crippen molar-refractivity contribution in [2.45, 2.75) is 47.8 Å². The van der Waals surface area contributed by atoms with E-state index in [4.69, 9.17) is 4.74 Å². The molecule has 1 rings (SSSR count). The fourth-order valence-electron chi connectivity index (χ4n) is 2.22. The molecule has 1 heterocycles. The van der Waals surface area contributed by atoms with Gasteiger partial charge in [-0.25, -0.2) is 4.57 Å². The van der Waals surface area contributed by atoms with Crippen molar-refractivity contribution >= 4 is 0 Å². The van der Waals surface area contributed by atoms with Crippen LogP contribution in [0.2, 0.25) is 0 Å². The first-order valence-electron chi connectivity index (χ1n) is 5.52. The number of rotatable bonds is 3. The van der Waals surface area contributed by atoms with Gasteiger partial charge in [0.05, 0.1) is 6.61 Å². The predicted molar refractivity (Wildman–Crippen MR) is 62.0 cm³/mol. The lowest BCUT2D eigenvalue weighted by Gasteiger charge is -2.13. The summed E-state index contributed by atoms with van der Waals surface area (Å²) in [5.74, 6) is 0. The first-order chi connectivity index (χ1) is 7.04. The van der Waals surface area contributed by atoms with Gasteiger partial charge in [-0.3, -0.25) is 0 Å². The zero-order valence-corrected chi connectivity index (χ0v) is 10.8. The number of hydrogen-bond donors (Lipinski definition) is 0. The van der Waals surface area contributed by atoms with Crippen LogP contribution >= 0.6 is 0 Å². The summed E-state index contributed by atoms with van der Waals surface area (Å²) in [5.41, 5.74) is 6.79. The topological polar surface area (TPSA) is 13.1 Å². The SMILES string of the molecule is CC[n+]1c(C)c(C)c(C)c(COC)c1C. The van der Waals surface area contributed by atoms with Crippen molar-refractivity contribution < 1.29 is 9.30 Å². The highest BCUT2D eigenvalue weighted by Crippen LogP contribution is 2.18. The summed E-state index contributed by atoms with van der Waals surface area (Å²) in [6.45, 7) is 12.7. The minimum Gasteiger partial charge on any atom is -0.380 e. The molecule has 0 fully saturated rings. The van der Waals surface area contributed by atoms with Gasteiger partial charge in [0.25, 0.3) is 0 Å². The van der Waals surface area contributed by atoms with Crippen LogP contribution in [0.4, 0.5) is 0 Å². The molecule has 0 saturated heterocycles. The first-order valence-corrected chi connectivity index (χ1v) is 5.52. The van der Waals surface area contributed by atoms with Crippen LogP contribution in [-0.2, 0) is 17.9 Å². The number of aromatic nitrogens is 1. The van der Waals surface area contributed by atoms with Crippen LogP contribution in [0.5, 0.6) is 0 Å². The number of methoxy groups -OCH3 is 1. The van der Waals surface area contributed by atoms with Crippen LogP contribution in [0, 0.1) is 27.7 Å². The summed E-state index contributed by atoms with van der Waals surface area (Å²) in [5, 5.41) is 0. The molecule has 0 spiro atoms. The lowest BCUT2D eigenvalue weighted by molar-refractivity contribution is -0.706. The van der Waals surface area contributed by atoms with E-state index in [9.17, 15) is 0 Å². The van der Waals surface area contributed by atoms with Crippen molar-refractivity contribution in [3.05, 3.63) is 28.1 Å². The maximum atomic E-state index is 5.27. The summed E-state index contributed by atoms with van der Waals surface area (Å²) >= 11 is 0. The summed E-state index contributed by atoms with van der Waals surface area (Å²) < 4.78 is 7.63. The van der Waals surface area contributed by atoms with Crippen LogP contribution in [0.25, 0.3) is 0 Å². The van der Waals surface area contributed by atoms with Gasteiger partial charge >= 0.3 is 0 Å². The Balaban J connectivity index is 3.45. The van der Waals surface area contributed by atoms with Crippen molar-refractivity contribution in [2.75, 3.05) is 7.11 Å². The van der Waals surface area contributed by atoms with E-state index < -0.39 is 0 Å². The molecular formula is C13H22NO+. The minimum absolute atomic E-state index is 0.707. The maximum Gasteiger partial charge on any atom is 0.184 e. The second kappa shape index (κ2) is 4.75. The molecular weight excluding hydrogens is 186 g/mol. The summed E-state index contributed by atoms with van der Waals surface area (Å²) in [6.07, 6.45) is 0. The highest BCUT2D eigenvalue weighted by atomic mass is 16.5. The number of nitrogens with zero attached hydrogens (tertiary/aromatic N) is 1. The van der Waals surface area contributed by atoms with Gasteiger partial charge in [-0.05, 0) is 26.3 Å². The van der Waals surface area contributed by atoms with E-state index in [1.165, 1.54) is 28.1 Å². The molecule has 0 bridgehead atoms. The number of ether oxygens (including phenoxy) is 1. The minimum atomic E-state index is 0.707.